The number of rotatable bonds is 5. The second-order valence-electron chi connectivity index (χ2n) is 6.67. The highest BCUT2D eigenvalue weighted by molar-refractivity contribution is 5.96. The van der Waals surface area contributed by atoms with E-state index in [0.29, 0.717) is 11.3 Å². The topological polar surface area (TPSA) is 86.4 Å². The van der Waals surface area contributed by atoms with Crippen molar-refractivity contribution in [3.05, 3.63) is 59.9 Å². The van der Waals surface area contributed by atoms with Gasteiger partial charge in [0.2, 0.25) is 0 Å². The first-order valence-electron chi connectivity index (χ1n) is 9.15. The fourth-order valence-electron chi connectivity index (χ4n) is 3.22. The first-order valence-corrected chi connectivity index (χ1v) is 9.15. The van der Waals surface area contributed by atoms with Gasteiger partial charge in [-0.1, -0.05) is 12.1 Å². The van der Waals surface area contributed by atoms with E-state index in [1.165, 1.54) is 5.56 Å². The summed E-state index contributed by atoms with van der Waals surface area (Å²) in [5.74, 6) is -0.181. The summed E-state index contributed by atoms with van der Waals surface area (Å²) in [7, 11) is 1.58. The molecule has 0 unspecified atom stereocenters. The number of likely N-dealkylation sites (tertiary alicyclic amines) is 1. The van der Waals surface area contributed by atoms with Crippen molar-refractivity contribution < 1.29 is 9.59 Å². The van der Waals surface area contributed by atoms with Crippen LogP contribution in [0.3, 0.4) is 0 Å². The summed E-state index contributed by atoms with van der Waals surface area (Å²) < 4.78 is 0. The van der Waals surface area contributed by atoms with Gasteiger partial charge in [0, 0.05) is 56.4 Å². The Morgan fingerprint density at radius 2 is 2.00 bits per heavy atom. The molecule has 1 aromatic heterocycles. The van der Waals surface area contributed by atoms with Crippen LogP contribution >= 0.6 is 0 Å². The quantitative estimate of drug-likeness (QED) is 0.756. The van der Waals surface area contributed by atoms with Gasteiger partial charge in [-0.15, -0.1) is 0 Å². The molecule has 7 heteroatoms. The zero-order valence-electron chi connectivity index (χ0n) is 15.4. The van der Waals surface area contributed by atoms with E-state index in [4.69, 9.17) is 0 Å². The SMILES string of the molecule is CNC(=O)c1cccc(NC(=O)NC2CCN(Cc3cccnc3)CC2)c1. The van der Waals surface area contributed by atoms with Crippen LogP contribution in [0, 0.1) is 0 Å². The highest BCUT2D eigenvalue weighted by Crippen LogP contribution is 2.14. The summed E-state index contributed by atoms with van der Waals surface area (Å²) in [6.45, 7) is 2.76. The van der Waals surface area contributed by atoms with Crippen LogP contribution in [0.25, 0.3) is 0 Å². The minimum absolute atomic E-state index is 0.150. The van der Waals surface area contributed by atoms with Gasteiger partial charge in [-0.25, -0.2) is 4.79 Å². The zero-order valence-corrected chi connectivity index (χ0v) is 15.4. The zero-order chi connectivity index (χ0) is 19.1. The summed E-state index contributed by atoms with van der Waals surface area (Å²) in [4.78, 5) is 30.5. The third-order valence-electron chi connectivity index (χ3n) is 4.66. The molecule has 1 saturated heterocycles. The number of carbonyl (C=O) groups is 2. The standard InChI is InChI=1S/C20H25N5O2/c1-21-19(26)16-5-2-6-18(12-16)24-20(27)23-17-7-10-25(11-8-17)14-15-4-3-9-22-13-15/h2-6,9,12-13,17H,7-8,10-11,14H2,1H3,(H,21,26)(H2,23,24,27). The van der Waals surface area contributed by atoms with Gasteiger partial charge in [-0.2, -0.15) is 0 Å². The molecule has 27 heavy (non-hydrogen) atoms. The Labute approximate surface area is 159 Å². The van der Waals surface area contributed by atoms with Crippen molar-refractivity contribution in [2.75, 3.05) is 25.5 Å². The molecule has 3 N–H and O–H groups in total. The Bertz CT molecular complexity index is 773. The molecule has 0 saturated carbocycles. The second kappa shape index (κ2) is 9.14. The first-order chi connectivity index (χ1) is 13.1. The molecule has 0 spiro atoms. The fourth-order valence-corrected chi connectivity index (χ4v) is 3.22. The van der Waals surface area contributed by atoms with Crippen molar-refractivity contribution in [3.63, 3.8) is 0 Å². The number of hydrogen-bond acceptors (Lipinski definition) is 4. The van der Waals surface area contributed by atoms with E-state index in [1.807, 2.05) is 12.3 Å². The Kier molecular flexibility index (Phi) is 6.38. The van der Waals surface area contributed by atoms with Crippen molar-refractivity contribution in [2.45, 2.75) is 25.4 Å². The van der Waals surface area contributed by atoms with Crippen LogP contribution < -0.4 is 16.0 Å². The number of benzene rings is 1. The minimum atomic E-state index is -0.241. The van der Waals surface area contributed by atoms with Gasteiger partial charge in [0.1, 0.15) is 0 Å². The summed E-state index contributed by atoms with van der Waals surface area (Å²) >= 11 is 0. The summed E-state index contributed by atoms with van der Waals surface area (Å²) in [6.07, 6.45) is 5.49. The predicted octanol–water partition coefficient (Wildman–Crippen LogP) is 2.23. The lowest BCUT2D eigenvalue weighted by Gasteiger charge is -2.32. The van der Waals surface area contributed by atoms with Gasteiger partial charge in [-0.3, -0.25) is 14.7 Å². The molecule has 0 bridgehead atoms. The number of amides is 3. The first kappa shape index (κ1) is 18.8. The molecule has 2 heterocycles. The van der Waals surface area contributed by atoms with Gasteiger partial charge >= 0.3 is 6.03 Å². The number of nitrogens with zero attached hydrogens (tertiary/aromatic N) is 2. The minimum Gasteiger partial charge on any atom is -0.355 e. The maximum absolute atomic E-state index is 12.3. The molecule has 0 aliphatic carbocycles. The lowest BCUT2D eigenvalue weighted by Crippen LogP contribution is -2.45. The number of carbonyl (C=O) groups excluding carboxylic acids is 2. The van der Waals surface area contributed by atoms with Crippen LogP contribution in [0.1, 0.15) is 28.8 Å². The van der Waals surface area contributed by atoms with Crippen molar-refractivity contribution in [1.29, 1.82) is 0 Å². The Morgan fingerprint density at radius 3 is 2.70 bits per heavy atom. The highest BCUT2D eigenvalue weighted by Gasteiger charge is 2.20. The molecule has 2 aromatic rings. The van der Waals surface area contributed by atoms with E-state index in [-0.39, 0.29) is 18.0 Å². The van der Waals surface area contributed by atoms with Crippen LogP contribution in [0.4, 0.5) is 10.5 Å². The largest absolute Gasteiger partial charge is 0.355 e. The van der Waals surface area contributed by atoms with Gasteiger partial charge < -0.3 is 16.0 Å². The van der Waals surface area contributed by atoms with Crippen LogP contribution in [0.15, 0.2) is 48.8 Å². The summed E-state index contributed by atoms with van der Waals surface area (Å²) in [5.41, 5.74) is 2.32. The number of urea groups is 1. The van der Waals surface area contributed by atoms with Gasteiger partial charge in [0.25, 0.3) is 5.91 Å². The lowest BCUT2D eigenvalue weighted by molar-refractivity contribution is 0.0963. The van der Waals surface area contributed by atoms with Crippen LogP contribution in [0.2, 0.25) is 0 Å². The Hall–Kier alpha value is -2.93. The third kappa shape index (κ3) is 5.52. The van der Waals surface area contributed by atoms with Gasteiger partial charge in [0.15, 0.2) is 0 Å². The third-order valence-corrected chi connectivity index (χ3v) is 4.66. The summed E-state index contributed by atoms with van der Waals surface area (Å²) in [5, 5.41) is 8.41. The summed E-state index contributed by atoms with van der Waals surface area (Å²) in [6, 6.07) is 10.8. The molecule has 0 atom stereocenters. The van der Waals surface area contributed by atoms with Gasteiger partial charge in [0.05, 0.1) is 0 Å². The smallest absolute Gasteiger partial charge is 0.319 e. The van der Waals surface area contributed by atoms with E-state index < -0.39 is 0 Å². The van der Waals surface area contributed by atoms with Crippen LogP contribution in [-0.2, 0) is 6.54 Å². The van der Waals surface area contributed by atoms with Gasteiger partial charge in [-0.05, 0) is 42.7 Å². The number of nitrogens with one attached hydrogen (secondary N) is 3. The van der Waals surface area contributed by atoms with Crippen LogP contribution in [-0.4, -0.2) is 48.0 Å². The maximum Gasteiger partial charge on any atom is 0.319 e. The molecule has 3 rings (SSSR count). The molecule has 7 nitrogen and oxygen atoms in total. The number of aromatic nitrogens is 1. The molecule has 3 amide bonds. The van der Waals surface area contributed by atoms with E-state index in [1.54, 1.807) is 37.5 Å². The van der Waals surface area contributed by atoms with Crippen molar-refractivity contribution >= 4 is 17.6 Å². The molecule has 0 radical (unpaired) electrons. The van der Waals surface area contributed by atoms with Crippen molar-refractivity contribution in [2.24, 2.45) is 0 Å². The second-order valence-corrected chi connectivity index (χ2v) is 6.67. The normalized spacial score (nSPS) is 15.1. The van der Waals surface area contributed by atoms with Crippen LogP contribution in [0.5, 0.6) is 0 Å². The molecule has 1 aromatic carbocycles. The van der Waals surface area contributed by atoms with E-state index >= 15 is 0 Å². The molecule has 1 fully saturated rings. The highest BCUT2D eigenvalue weighted by atomic mass is 16.2. The Morgan fingerprint density at radius 1 is 1.19 bits per heavy atom. The number of anilines is 1. The molecular weight excluding hydrogens is 342 g/mol. The molecule has 1 aliphatic rings. The maximum atomic E-state index is 12.3. The average Bonchev–Trinajstić information content (AvgIpc) is 2.70. The fraction of sp³-hybridized carbons (Fsp3) is 0.350. The van der Waals surface area contributed by atoms with Crippen molar-refractivity contribution in [3.8, 4) is 0 Å². The van der Waals surface area contributed by atoms with E-state index in [0.717, 1.165) is 32.5 Å². The number of piperidine rings is 1. The molecule has 142 valence electrons. The van der Waals surface area contributed by atoms with Crippen molar-refractivity contribution in [1.82, 2.24) is 20.5 Å². The number of pyridine rings is 1. The Balaban J connectivity index is 1.45. The molecular formula is C20H25N5O2. The predicted molar refractivity (Wildman–Crippen MR) is 105 cm³/mol. The average molecular weight is 367 g/mol. The van der Waals surface area contributed by atoms with E-state index in [9.17, 15) is 9.59 Å². The number of hydrogen-bond donors (Lipinski definition) is 3. The van der Waals surface area contributed by atoms with E-state index in [2.05, 4.69) is 31.9 Å². The monoisotopic (exact) mass is 367 g/mol. The molecule has 1 aliphatic heterocycles. The lowest BCUT2D eigenvalue weighted by atomic mass is 10.0.